The minimum absolute atomic E-state index is 0.0391. The molecule has 1 unspecified atom stereocenters. The highest BCUT2D eigenvalue weighted by Gasteiger charge is 2.29. The van der Waals surface area contributed by atoms with Crippen LogP contribution in [0.2, 0.25) is 0 Å². The van der Waals surface area contributed by atoms with Gasteiger partial charge in [0.05, 0.1) is 19.3 Å². The Morgan fingerprint density at radius 3 is 2.70 bits per heavy atom. The molecule has 0 bridgehead atoms. The van der Waals surface area contributed by atoms with E-state index in [9.17, 15) is 4.79 Å². The van der Waals surface area contributed by atoms with E-state index in [1.54, 1.807) is 12.3 Å². The standard InChI is InChI=1S/C16H16N2O2/c19-16(14-8-4-5-9-17-14)18-10-11-20-12-15(18)13-6-2-1-3-7-13/h1-9,15H,10-12H2. The second-order valence-corrected chi connectivity index (χ2v) is 4.71. The summed E-state index contributed by atoms with van der Waals surface area (Å²) in [4.78, 5) is 18.6. The van der Waals surface area contributed by atoms with Crippen LogP contribution in [0.25, 0.3) is 0 Å². The first-order chi connectivity index (χ1) is 9.86. The summed E-state index contributed by atoms with van der Waals surface area (Å²) >= 11 is 0. The van der Waals surface area contributed by atoms with E-state index >= 15 is 0 Å². The second-order valence-electron chi connectivity index (χ2n) is 4.71. The summed E-state index contributed by atoms with van der Waals surface area (Å²) in [5, 5.41) is 0. The zero-order valence-corrected chi connectivity index (χ0v) is 11.1. The number of rotatable bonds is 2. The quantitative estimate of drug-likeness (QED) is 0.839. The number of nitrogens with zero attached hydrogens (tertiary/aromatic N) is 2. The van der Waals surface area contributed by atoms with Crippen LogP contribution in [0.4, 0.5) is 0 Å². The molecule has 1 saturated heterocycles. The van der Waals surface area contributed by atoms with Crippen molar-refractivity contribution in [3.8, 4) is 0 Å². The van der Waals surface area contributed by atoms with Gasteiger partial charge in [-0.3, -0.25) is 9.78 Å². The number of carbonyl (C=O) groups excluding carboxylic acids is 1. The molecule has 2 aromatic rings. The van der Waals surface area contributed by atoms with Crippen LogP contribution in [0.1, 0.15) is 22.1 Å². The minimum atomic E-state index is -0.0422. The Bertz CT molecular complexity index is 572. The van der Waals surface area contributed by atoms with Gasteiger partial charge in [0.1, 0.15) is 5.69 Å². The van der Waals surface area contributed by atoms with Gasteiger partial charge in [0.2, 0.25) is 0 Å². The first kappa shape index (κ1) is 12.8. The normalized spacial score (nSPS) is 18.8. The lowest BCUT2D eigenvalue weighted by molar-refractivity contribution is -0.00300. The largest absolute Gasteiger partial charge is 0.377 e. The molecule has 1 aromatic carbocycles. The lowest BCUT2D eigenvalue weighted by atomic mass is 10.0. The lowest BCUT2D eigenvalue weighted by Gasteiger charge is -2.35. The highest BCUT2D eigenvalue weighted by molar-refractivity contribution is 5.92. The lowest BCUT2D eigenvalue weighted by Crippen LogP contribution is -2.43. The van der Waals surface area contributed by atoms with Crippen molar-refractivity contribution < 1.29 is 9.53 Å². The van der Waals surface area contributed by atoms with Crippen LogP contribution in [0, 0.1) is 0 Å². The second kappa shape index (κ2) is 5.84. The fourth-order valence-electron chi connectivity index (χ4n) is 2.43. The van der Waals surface area contributed by atoms with Crippen molar-refractivity contribution in [1.82, 2.24) is 9.88 Å². The molecule has 2 heterocycles. The van der Waals surface area contributed by atoms with Gasteiger partial charge in [-0.05, 0) is 17.7 Å². The van der Waals surface area contributed by atoms with Gasteiger partial charge in [0.15, 0.2) is 0 Å². The maximum atomic E-state index is 12.6. The topological polar surface area (TPSA) is 42.4 Å². The molecule has 0 saturated carbocycles. The van der Waals surface area contributed by atoms with Crippen molar-refractivity contribution in [2.24, 2.45) is 0 Å². The average molecular weight is 268 g/mol. The van der Waals surface area contributed by atoms with Gasteiger partial charge >= 0.3 is 0 Å². The number of hydrogen-bond acceptors (Lipinski definition) is 3. The summed E-state index contributed by atoms with van der Waals surface area (Å²) in [6, 6.07) is 15.3. The van der Waals surface area contributed by atoms with Crippen LogP contribution >= 0.6 is 0 Å². The summed E-state index contributed by atoms with van der Waals surface area (Å²) in [5.74, 6) is -0.0391. The van der Waals surface area contributed by atoms with Gasteiger partial charge in [-0.15, -0.1) is 0 Å². The Balaban J connectivity index is 1.88. The van der Waals surface area contributed by atoms with Crippen LogP contribution in [0.5, 0.6) is 0 Å². The zero-order valence-electron chi connectivity index (χ0n) is 11.1. The molecule has 4 nitrogen and oxygen atoms in total. The van der Waals surface area contributed by atoms with Gasteiger partial charge in [0, 0.05) is 12.7 Å². The third-order valence-electron chi connectivity index (χ3n) is 3.46. The van der Waals surface area contributed by atoms with Crippen LogP contribution in [0.3, 0.4) is 0 Å². The Kier molecular flexibility index (Phi) is 3.74. The number of benzene rings is 1. The minimum Gasteiger partial charge on any atom is -0.377 e. The summed E-state index contributed by atoms with van der Waals surface area (Å²) in [6.45, 7) is 1.69. The first-order valence-corrected chi connectivity index (χ1v) is 6.71. The number of amides is 1. The third kappa shape index (κ3) is 2.56. The van der Waals surface area contributed by atoms with Crippen molar-refractivity contribution in [3.05, 3.63) is 66.0 Å². The number of hydrogen-bond donors (Lipinski definition) is 0. The summed E-state index contributed by atoms with van der Waals surface area (Å²) < 4.78 is 5.54. The maximum absolute atomic E-state index is 12.6. The molecule has 0 aliphatic carbocycles. The molecule has 0 N–H and O–H groups in total. The Morgan fingerprint density at radius 2 is 1.95 bits per heavy atom. The van der Waals surface area contributed by atoms with Crippen molar-refractivity contribution in [1.29, 1.82) is 0 Å². The van der Waals surface area contributed by atoms with Gasteiger partial charge < -0.3 is 9.64 Å². The summed E-state index contributed by atoms with van der Waals surface area (Å²) in [5.41, 5.74) is 1.58. The molecule has 1 aliphatic rings. The van der Waals surface area contributed by atoms with Crippen molar-refractivity contribution in [3.63, 3.8) is 0 Å². The zero-order chi connectivity index (χ0) is 13.8. The van der Waals surface area contributed by atoms with Crippen molar-refractivity contribution >= 4 is 5.91 Å². The highest BCUT2D eigenvalue weighted by Crippen LogP contribution is 2.25. The third-order valence-corrected chi connectivity index (χ3v) is 3.46. The summed E-state index contributed by atoms with van der Waals surface area (Å²) in [7, 11) is 0. The van der Waals surface area contributed by atoms with Crippen LogP contribution < -0.4 is 0 Å². The molecule has 20 heavy (non-hydrogen) atoms. The molecule has 3 rings (SSSR count). The molecular formula is C16H16N2O2. The number of ether oxygens (including phenoxy) is 1. The molecule has 1 amide bonds. The van der Waals surface area contributed by atoms with E-state index in [1.807, 2.05) is 47.4 Å². The highest BCUT2D eigenvalue weighted by atomic mass is 16.5. The van der Waals surface area contributed by atoms with E-state index in [-0.39, 0.29) is 11.9 Å². The molecule has 102 valence electrons. The molecule has 0 radical (unpaired) electrons. The average Bonchev–Trinajstić information content (AvgIpc) is 2.56. The van der Waals surface area contributed by atoms with Gasteiger partial charge in [-0.2, -0.15) is 0 Å². The van der Waals surface area contributed by atoms with E-state index in [4.69, 9.17) is 4.74 Å². The predicted octanol–water partition coefficient (Wildman–Crippen LogP) is 2.30. The van der Waals surface area contributed by atoms with Gasteiger partial charge in [-0.1, -0.05) is 36.4 Å². The fourth-order valence-corrected chi connectivity index (χ4v) is 2.43. The van der Waals surface area contributed by atoms with Crippen molar-refractivity contribution in [2.45, 2.75) is 6.04 Å². The molecule has 0 spiro atoms. The van der Waals surface area contributed by atoms with E-state index in [0.29, 0.717) is 25.5 Å². The molecule has 1 fully saturated rings. The Labute approximate surface area is 118 Å². The molecule has 1 atom stereocenters. The number of morpholine rings is 1. The van der Waals surface area contributed by atoms with Crippen molar-refractivity contribution in [2.75, 3.05) is 19.8 Å². The van der Waals surface area contributed by atoms with E-state index in [2.05, 4.69) is 4.98 Å². The monoisotopic (exact) mass is 268 g/mol. The first-order valence-electron chi connectivity index (χ1n) is 6.71. The van der Waals surface area contributed by atoms with Gasteiger partial charge in [0.25, 0.3) is 5.91 Å². The Hall–Kier alpha value is -2.20. The van der Waals surface area contributed by atoms with E-state index < -0.39 is 0 Å². The van der Waals surface area contributed by atoms with Crippen LogP contribution in [0.15, 0.2) is 54.7 Å². The van der Waals surface area contributed by atoms with Crippen LogP contribution in [-0.2, 0) is 4.74 Å². The number of aromatic nitrogens is 1. The number of pyridine rings is 1. The summed E-state index contributed by atoms with van der Waals surface area (Å²) in [6.07, 6.45) is 1.64. The maximum Gasteiger partial charge on any atom is 0.273 e. The smallest absolute Gasteiger partial charge is 0.273 e. The molecule has 1 aliphatic heterocycles. The molecule has 4 heteroatoms. The van der Waals surface area contributed by atoms with E-state index in [0.717, 1.165) is 5.56 Å². The Morgan fingerprint density at radius 1 is 1.15 bits per heavy atom. The number of carbonyl (C=O) groups is 1. The molecular weight excluding hydrogens is 252 g/mol. The van der Waals surface area contributed by atoms with E-state index in [1.165, 1.54) is 0 Å². The SMILES string of the molecule is O=C(c1ccccn1)N1CCOCC1c1ccccc1. The van der Waals surface area contributed by atoms with Gasteiger partial charge in [-0.25, -0.2) is 0 Å². The van der Waals surface area contributed by atoms with Crippen LogP contribution in [-0.4, -0.2) is 35.5 Å². The molecule has 1 aromatic heterocycles. The predicted molar refractivity (Wildman–Crippen MR) is 75.3 cm³/mol. The fraction of sp³-hybridized carbons (Fsp3) is 0.250.